The van der Waals surface area contributed by atoms with E-state index in [1.54, 1.807) is 0 Å². The molecule has 1 saturated carbocycles. The van der Waals surface area contributed by atoms with Gasteiger partial charge in [-0.15, -0.1) is 0 Å². The van der Waals surface area contributed by atoms with Crippen LogP contribution < -0.4 is 0 Å². The molecule has 0 unspecified atom stereocenters. The molecule has 1 fully saturated rings. The third-order valence-corrected chi connectivity index (χ3v) is 3.38. The lowest BCUT2D eigenvalue weighted by molar-refractivity contribution is 0.0789. The summed E-state index contributed by atoms with van der Waals surface area (Å²) in [5, 5.41) is 1.09. The topological polar surface area (TPSA) is 36.1 Å². The van der Waals surface area contributed by atoms with Crippen LogP contribution in [0, 0.1) is 5.92 Å². The first-order valence-electron chi connectivity index (χ1n) is 6.06. The molecule has 3 heteroatoms. The maximum absolute atomic E-state index is 12.2. The number of hydrogen-bond donors (Lipinski definition) is 1. The molecule has 1 aliphatic carbocycles. The van der Waals surface area contributed by atoms with Crippen LogP contribution >= 0.6 is 0 Å². The second-order valence-electron chi connectivity index (χ2n) is 4.91. The molecule has 0 aliphatic heterocycles. The standard InChI is InChI=1S/C14H16N2O/c1-16(9-10-2-3-10)14(17)12-4-5-13-11(8-12)6-7-15-13/h4-8,10,15H,2-3,9H2,1H3. The fourth-order valence-electron chi connectivity index (χ4n) is 2.18. The van der Waals surface area contributed by atoms with Gasteiger partial charge in [-0.1, -0.05) is 0 Å². The van der Waals surface area contributed by atoms with Crippen LogP contribution in [0.15, 0.2) is 30.5 Å². The van der Waals surface area contributed by atoms with Crippen LogP contribution in [0.25, 0.3) is 10.9 Å². The third-order valence-electron chi connectivity index (χ3n) is 3.38. The van der Waals surface area contributed by atoms with Crippen molar-refractivity contribution in [3.8, 4) is 0 Å². The van der Waals surface area contributed by atoms with Gasteiger partial charge in [0.1, 0.15) is 0 Å². The fourth-order valence-corrected chi connectivity index (χ4v) is 2.18. The van der Waals surface area contributed by atoms with Crippen LogP contribution in [0.5, 0.6) is 0 Å². The Morgan fingerprint density at radius 3 is 3.00 bits per heavy atom. The minimum Gasteiger partial charge on any atom is -0.361 e. The van der Waals surface area contributed by atoms with E-state index in [2.05, 4.69) is 4.98 Å². The Labute approximate surface area is 100 Å². The van der Waals surface area contributed by atoms with Crippen LogP contribution in [0.4, 0.5) is 0 Å². The summed E-state index contributed by atoms with van der Waals surface area (Å²) in [6.07, 6.45) is 4.44. The number of hydrogen-bond acceptors (Lipinski definition) is 1. The van der Waals surface area contributed by atoms with Crippen LogP contribution in [-0.4, -0.2) is 29.4 Å². The van der Waals surface area contributed by atoms with Gasteiger partial charge in [0.05, 0.1) is 0 Å². The number of carbonyl (C=O) groups excluding carboxylic acids is 1. The molecule has 1 aromatic heterocycles. The number of aromatic amines is 1. The van der Waals surface area contributed by atoms with Crippen molar-refractivity contribution in [1.82, 2.24) is 9.88 Å². The Morgan fingerprint density at radius 2 is 2.24 bits per heavy atom. The van der Waals surface area contributed by atoms with Gasteiger partial charge in [0.15, 0.2) is 0 Å². The minimum atomic E-state index is 0.125. The van der Waals surface area contributed by atoms with E-state index in [9.17, 15) is 4.79 Å². The van der Waals surface area contributed by atoms with Crippen molar-refractivity contribution < 1.29 is 4.79 Å². The summed E-state index contributed by atoms with van der Waals surface area (Å²) in [5.41, 5.74) is 1.85. The first-order chi connectivity index (χ1) is 8.24. The van der Waals surface area contributed by atoms with Crippen molar-refractivity contribution in [2.45, 2.75) is 12.8 Å². The number of nitrogens with one attached hydrogen (secondary N) is 1. The average molecular weight is 228 g/mol. The number of rotatable bonds is 3. The summed E-state index contributed by atoms with van der Waals surface area (Å²) in [6, 6.07) is 7.81. The van der Waals surface area contributed by atoms with Crippen molar-refractivity contribution >= 4 is 16.8 Å². The number of benzene rings is 1. The zero-order chi connectivity index (χ0) is 11.8. The lowest BCUT2D eigenvalue weighted by atomic mass is 10.1. The quantitative estimate of drug-likeness (QED) is 0.861. The number of H-pyrrole nitrogens is 1. The largest absolute Gasteiger partial charge is 0.361 e. The predicted octanol–water partition coefficient (Wildman–Crippen LogP) is 2.65. The monoisotopic (exact) mass is 228 g/mol. The molecule has 0 saturated heterocycles. The first kappa shape index (κ1) is 10.4. The summed E-state index contributed by atoms with van der Waals surface area (Å²) in [4.78, 5) is 17.2. The molecule has 17 heavy (non-hydrogen) atoms. The van der Waals surface area contributed by atoms with E-state index < -0.39 is 0 Å². The van der Waals surface area contributed by atoms with Crippen LogP contribution in [0.1, 0.15) is 23.2 Å². The molecule has 1 aromatic carbocycles. The summed E-state index contributed by atoms with van der Waals surface area (Å²) >= 11 is 0. The molecule has 1 amide bonds. The highest BCUT2D eigenvalue weighted by Crippen LogP contribution is 2.29. The van der Waals surface area contributed by atoms with Gasteiger partial charge in [-0.3, -0.25) is 4.79 Å². The summed E-state index contributed by atoms with van der Waals surface area (Å²) in [6.45, 7) is 0.893. The SMILES string of the molecule is CN(CC1CC1)C(=O)c1ccc2[nH]ccc2c1. The number of amides is 1. The molecule has 0 bridgehead atoms. The normalized spacial score (nSPS) is 15.1. The van der Waals surface area contributed by atoms with Gasteiger partial charge in [-0.25, -0.2) is 0 Å². The van der Waals surface area contributed by atoms with Crippen LogP contribution in [0.2, 0.25) is 0 Å². The number of carbonyl (C=O) groups is 1. The van der Waals surface area contributed by atoms with E-state index in [1.807, 2.05) is 42.4 Å². The zero-order valence-electron chi connectivity index (χ0n) is 9.94. The Hall–Kier alpha value is -1.77. The smallest absolute Gasteiger partial charge is 0.253 e. The first-order valence-corrected chi connectivity index (χ1v) is 6.06. The third kappa shape index (κ3) is 2.05. The van der Waals surface area contributed by atoms with Crippen molar-refractivity contribution in [2.75, 3.05) is 13.6 Å². The number of nitrogens with zero attached hydrogens (tertiary/aromatic N) is 1. The van der Waals surface area contributed by atoms with Crippen molar-refractivity contribution in [1.29, 1.82) is 0 Å². The zero-order valence-corrected chi connectivity index (χ0v) is 9.94. The molecule has 1 aliphatic rings. The molecular weight excluding hydrogens is 212 g/mol. The molecular formula is C14H16N2O. The van der Waals surface area contributed by atoms with Crippen molar-refractivity contribution in [2.24, 2.45) is 5.92 Å². The van der Waals surface area contributed by atoms with Crippen LogP contribution in [0.3, 0.4) is 0 Å². The number of fused-ring (bicyclic) bond motifs is 1. The van der Waals surface area contributed by atoms with Gasteiger partial charge in [0.2, 0.25) is 0 Å². The highest BCUT2D eigenvalue weighted by atomic mass is 16.2. The summed E-state index contributed by atoms with van der Waals surface area (Å²) in [7, 11) is 1.89. The average Bonchev–Trinajstić information content (AvgIpc) is 3.02. The maximum atomic E-state index is 12.2. The molecule has 1 heterocycles. The van der Waals surface area contributed by atoms with E-state index >= 15 is 0 Å². The predicted molar refractivity (Wildman–Crippen MR) is 68.0 cm³/mol. The van der Waals surface area contributed by atoms with Gasteiger partial charge >= 0.3 is 0 Å². The molecule has 3 rings (SSSR count). The van der Waals surface area contributed by atoms with Gasteiger partial charge in [0, 0.05) is 36.3 Å². The minimum absolute atomic E-state index is 0.125. The lowest BCUT2D eigenvalue weighted by Gasteiger charge is -2.16. The highest BCUT2D eigenvalue weighted by molar-refractivity contribution is 5.97. The summed E-state index contributed by atoms with van der Waals surface area (Å²) < 4.78 is 0. The van der Waals surface area contributed by atoms with Gasteiger partial charge in [0.25, 0.3) is 5.91 Å². The van der Waals surface area contributed by atoms with Crippen LogP contribution in [-0.2, 0) is 0 Å². The summed E-state index contributed by atoms with van der Waals surface area (Å²) in [5.74, 6) is 0.861. The van der Waals surface area contributed by atoms with Crippen molar-refractivity contribution in [3.63, 3.8) is 0 Å². The van der Waals surface area contributed by atoms with E-state index in [-0.39, 0.29) is 5.91 Å². The fraction of sp³-hybridized carbons (Fsp3) is 0.357. The van der Waals surface area contributed by atoms with Gasteiger partial charge in [-0.05, 0) is 43.0 Å². The lowest BCUT2D eigenvalue weighted by Crippen LogP contribution is -2.28. The van der Waals surface area contributed by atoms with Gasteiger partial charge in [-0.2, -0.15) is 0 Å². The van der Waals surface area contributed by atoms with E-state index in [4.69, 9.17) is 0 Å². The molecule has 1 N–H and O–H groups in total. The molecule has 0 atom stereocenters. The molecule has 3 nitrogen and oxygen atoms in total. The number of aromatic nitrogens is 1. The molecule has 88 valence electrons. The second kappa shape index (κ2) is 3.91. The highest BCUT2D eigenvalue weighted by Gasteiger charge is 2.25. The maximum Gasteiger partial charge on any atom is 0.253 e. The van der Waals surface area contributed by atoms with Crippen molar-refractivity contribution in [3.05, 3.63) is 36.0 Å². The second-order valence-corrected chi connectivity index (χ2v) is 4.91. The van der Waals surface area contributed by atoms with E-state index in [0.29, 0.717) is 0 Å². The molecule has 2 aromatic rings. The Morgan fingerprint density at radius 1 is 1.41 bits per heavy atom. The Kier molecular flexibility index (Phi) is 2.39. The Bertz CT molecular complexity index is 554. The Balaban J connectivity index is 1.83. The van der Waals surface area contributed by atoms with E-state index in [0.717, 1.165) is 28.9 Å². The molecule has 0 spiro atoms. The molecule has 0 radical (unpaired) electrons. The van der Waals surface area contributed by atoms with E-state index in [1.165, 1.54) is 12.8 Å². The van der Waals surface area contributed by atoms with Gasteiger partial charge < -0.3 is 9.88 Å².